The lowest BCUT2D eigenvalue weighted by atomic mass is 10.1. The number of benzene rings is 2. The zero-order chi connectivity index (χ0) is 16.2. The molecule has 0 bridgehead atoms. The largest absolute Gasteiger partial charge is 0.378 e. The average Bonchev–Trinajstić information content (AvgIpc) is 3.06. The van der Waals surface area contributed by atoms with Crippen LogP contribution in [0.4, 0.5) is 11.4 Å². The highest BCUT2D eigenvalue weighted by Crippen LogP contribution is 2.26. The molecule has 3 rings (SSSR count). The van der Waals surface area contributed by atoms with E-state index >= 15 is 0 Å². The molecule has 0 atom stereocenters. The van der Waals surface area contributed by atoms with Crippen molar-refractivity contribution in [2.45, 2.75) is 0 Å². The van der Waals surface area contributed by atoms with Gasteiger partial charge in [0.1, 0.15) is 4.88 Å². The standard InChI is InChI=1S/C18H17N3OS/c1-21(2)15-10-8-14(9-11-15)20-18(22)17-16(19-12-23-17)13-6-4-3-5-7-13/h3-12H,1-2H3,(H,20,22). The van der Waals surface area contributed by atoms with Gasteiger partial charge >= 0.3 is 0 Å². The van der Waals surface area contributed by atoms with Crippen LogP contribution in [0.25, 0.3) is 11.3 Å². The second-order valence-corrected chi connectivity index (χ2v) is 6.15. The topological polar surface area (TPSA) is 45.2 Å². The summed E-state index contributed by atoms with van der Waals surface area (Å²) in [7, 11) is 3.97. The maximum absolute atomic E-state index is 12.5. The highest BCUT2D eigenvalue weighted by atomic mass is 32.1. The Morgan fingerprint density at radius 1 is 1.04 bits per heavy atom. The second-order valence-electron chi connectivity index (χ2n) is 5.29. The number of carbonyl (C=O) groups excluding carboxylic acids is 1. The summed E-state index contributed by atoms with van der Waals surface area (Å²) in [5.41, 5.74) is 5.23. The van der Waals surface area contributed by atoms with E-state index in [1.807, 2.05) is 73.6 Å². The zero-order valence-corrected chi connectivity index (χ0v) is 13.8. The fraction of sp³-hybridized carbons (Fsp3) is 0.111. The Kier molecular flexibility index (Phi) is 4.39. The van der Waals surface area contributed by atoms with Crippen molar-refractivity contribution in [1.29, 1.82) is 0 Å². The molecule has 0 saturated heterocycles. The van der Waals surface area contributed by atoms with Crippen LogP contribution in [-0.2, 0) is 0 Å². The van der Waals surface area contributed by atoms with Gasteiger partial charge in [-0.15, -0.1) is 11.3 Å². The number of hydrogen-bond donors (Lipinski definition) is 1. The number of rotatable bonds is 4. The maximum Gasteiger partial charge on any atom is 0.268 e. The molecule has 1 N–H and O–H groups in total. The zero-order valence-electron chi connectivity index (χ0n) is 13.0. The van der Waals surface area contributed by atoms with Crippen molar-refractivity contribution in [2.75, 3.05) is 24.3 Å². The Morgan fingerprint density at radius 3 is 2.39 bits per heavy atom. The average molecular weight is 323 g/mol. The van der Waals surface area contributed by atoms with Gasteiger partial charge in [0.05, 0.1) is 11.2 Å². The van der Waals surface area contributed by atoms with Crippen molar-refractivity contribution < 1.29 is 4.79 Å². The number of anilines is 2. The van der Waals surface area contributed by atoms with Crippen molar-refractivity contribution in [2.24, 2.45) is 0 Å². The van der Waals surface area contributed by atoms with Crippen LogP contribution in [0.3, 0.4) is 0 Å². The van der Waals surface area contributed by atoms with E-state index in [0.29, 0.717) is 4.88 Å². The van der Waals surface area contributed by atoms with Gasteiger partial charge in [0.25, 0.3) is 5.91 Å². The molecule has 23 heavy (non-hydrogen) atoms. The molecule has 0 saturated carbocycles. The van der Waals surface area contributed by atoms with E-state index < -0.39 is 0 Å². The van der Waals surface area contributed by atoms with Crippen LogP contribution in [0.5, 0.6) is 0 Å². The molecule has 1 heterocycles. The predicted molar refractivity (Wildman–Crippen MR) is 96.3 cm³/mol. The molecule has 0 spiro atoms. The minimum atomic E-state index is -0.135. The molecule has 0 aliphatic heterocycles. The quantitative estimate of drug-likeness (QED) is 0.785. The summed E-state index contributed by atoms with van der Waals surface area (Å²) in [4.78, 5) is 19.5. The highest BCUT2D eigenvalue weighted by molar-refractivity contribution is 7.12. The van der Waals surface area contributed by atoms with Gasteiger partial charge in [0.2, 0.25) is 0 Å². The first-order valence-corrected chi connectivity index (χ1v) is 8.11. The first-order chi connectivity index (χ1) is 11.1. The third-order valence-electron chi connectivity index (χ3n) is 3.46. The van der Waals surface area contributed by atoms with Crippen LogP contribution in [0.1, 0.15) is 9.67 Å². The molecular formula is C18H17N3OS. The van der Waals surface area contributed by atoms with Crippen LogP contribution in [0, 0.1) is 0 Å². The number of hydrogen-bond acceptors (Lipinski definition) is 4. The molecule has 1 amide bonds. The Balaban J connectivity index is 1.81. The van der Waals surface area contributed by atoms with Gasteiger partial charge in [0.15, 0.2) is 0 Å². The van der Waals surface area contributed by atoms with Crippen molar-refractivity contribution >= 4 is 28.6 Å². The minimum Gasteiger partial charge on any atom is -0.378 e. The number of nitrogens with zero attached hydrogens (tertiary/aromatic N) is 2. The van der Waals surface area contributed by atoms with E-state index in [0.717, 1.165) is 22.6 Å². The number of carbonyl (C=O) groups is 1. The summed E-state index contributed by atoms with van der Waals surface area (Å²) in [5.74, 6) is -0.135. The van der Waals surface area contributed by atoms with Crippen molar-refractivity contribution in [3.8, 4) is 11.3 Å². The van der Waals surface area contributed by atoms with Crippen molar-refractivity contribution in [3.63, 3.8) is 0 Å². The summed E-state index contributed by atoms with van der Waals surface area (Å²) in [6.45, 7) is 0. The molecule has 0 aliphatic rings. The SMILES string of the molecule is CN(C)c1ccc(NC(=O)c2scnc2-c2ccccc2)cc1. The van der Waals surface area contributed by atoms with E-state index in [9.17, 15) is 4.79 Å². The van der Waals surface area contributed by atoms with Crippen LogP contribution in [-0.4, -0.2) is 25.0 Å². The molecule has 5 heteroatoms. The van der Waals surface area contributed by atoms with E-state index in [1.165, 1.54) is 11.3 Å². The van der Waals surface area contributed by atoms with Gasteiger partial charge in [-0.3, -0.25) is 4.79 Å². The number of amides is 1. The molecule has 116 valence electrons. The van der Waals surface area contributed by atoms with Crippen LogP contribution in [0.15, 0.2) is 60.1 Å². The summed E-state index contributed by atoms with van der Waals surface area (Å²) in [6.07, 6.45) is 0. The fourth-order valence-corrected chi connectivity index (χ4v) is 2.94. The van der Waals surface area contributed by atoms with Gasteiger partial charge in [-0.1, -0.05) is 30.3 Å². The third-order valence-corrected chi connectivity index (χ3v) is 4.29. The molecule has 3 aromatic rings. The number of nitrogens with one attached hydrogen (secondary N) is 1. The summed E-state index contributed by atoms with van der Waals surface area (Å²) in [6, 6.07) is 17.5. The van der Waals surface area contributed by atoms with E-state index in [2.05, 4.69) is 10.3 Å². The van der Waals surface area contributed by atoms with Crippen LogP contribution >= 0.6 is 11.3 Å². The van der Waals surface area contributed by atoms with Gasteiger partial charge in [-0.25, -0.2) is 4.98 Å². The highest BCUT2D eigenvalue weighted by Gasteiger charge is 2.16. The molecular weight excluding hydrogens is 306 g/mol. The van der Waals surface area contributed by atoms with Gasteiger partial charge in [-0.05, 0) is 24.3 Å². The van der Waals surface area contributed by atoms with E-state index in [-0.39, 0.29) is 5.91 Å². The molecule has 1 aromatic heterocycles. The van der Waals surface area contributed by atoms with Crippen molar-refractivity contribution in [1.82, 2.24) is 4.98 Å². The van der Waals surface area contributed by atoms with Gasteiger partial charge < -0.3 is 10.2 Å². The van der Waals surface area contributed by atoms with Gasteiger partial charge in [0, 0.05) is 31.0 Å². The molecule has 0 aliphatic carbocycles. The third kappa shape index (κ3) is 3.40. The van der Waals surface area contributed by atoms with E-state index in [1.54, 1.807) is 5.51 Å². The van der Waals surface area contributed by atoms with Crippen LogP contribution in [0.2, 0.25) is 0 Å². The lowest BCUT2D eigenvalue weighted by molar-refractivity contribution is 0.103. The predicted octanol–water partition coefficient (Wildman–Crippen LogP) is 4.13. The first kappa shape index (κ1) is 15.2. The molecule has 4 nitrogen and oxygen atoms in total. The lowest BCUT2D eigenvalue weighted by Gasteiger charge is -2.13. The van der Waals surface area contributed by atoms with E-state index in [4.69, 9.17) is 0 Å². The fourth-order valence-electron chi connectivity index (χ4n) is 2.24. The molecule has 0 fully saturated rings. The van der Waals surface area contributed by atoms with Crippen LogP contribution < -0.4 is 10.2 Å². The van der Waals surface area contributed by atoms with Crippen molar-refractivity contribution in [3.05, 3.63) is 65.0 Å². The Morgan fingerprint density at radius 2 is 1.74 bits per heavy atom. The monoisotopic (exact) mass is 323 g/mol. The lowest BCUT2D eigenvalue weighted by Crippen LogP contribution is -2.12. The number of aromatic nitrogens is 1. The smallest absolute Gasteiger partial charge is 0.268 e. The minimum absolute atomic E-state index is 0.135. The molecule has 0 radical (unpaired) electrons. The molecule has 2 aromatic carbocycles. The second kappa shape index (κ2) is 6.62. The molecule has 0 unspecified atom stereocenters. The maximum atomic E-state index is 12.5. The van der Waals surface area contributed by atoms with Gasteiger partial charge in [-0.2, -0.15) is 0 Å². The Labute approximate surface area is 139 Å². The summed E-state index contributed by atoms with van der Waals surface area (Å²) in [5, 5.41) is 2.93. The normalized spacial score (nSPS) is 10.3. The summed E-state index contributed by atoms with van der Waals surface area (Å²) < 4.78 is 0. The summed E-state index contributed by atoms with van der Waals surface area (Å²) >= 11 is 1.35. The Bertz CT molecular complexity index is 795. The number of thiazole rings is 1. The Hall–Kier alpha value is -2.66. The first-order valence-electron chi connectivity index (χ1n) is 7.23.